The van der Waals surface area contributed by atoms with Crippen LogP contribution in [-0.4, -0.2) is 36.2 Å². The van der Waals surface area contributed by atoms with Crippen LogP contribution in [0.3, 0.4) is 0 Å². The van der Waals surface area contributed by atoms with E-state index in [9.17, 15) is 14.4 Å². The monoisotopic (exact) mass is 333 g/mol. The minimum Gasteiger partial charge on any atom is -0.494 e. The van der Waals surface area contributed by atoms with Crippen LogP contribution in [-0.2, 0) is 19.1 Å². The fraction of sp³-hybridized carbons (Fsp3) is 0.375. The summed E-state index contributed by atoms with van der Waals surface area (Å²) in [5.41, 5.74) is 2.86. The summed E-state index contributed by atoms with van der Waals surface area (Å²) >= 11 is 0. The number of esters is 1. The number of amides is 2. The molecule has 1 aromatic carbocycles. The van der Waals surface area contributed by atoms with Crippen LogP contribution >= 0.6 is 0 Å². The highest BCUT2D eigenvalue weighted by molar-refractivity contribution is 6.37. The molecule has 8 heteroatoms. The number of anilines is 1. The predicted molar refractivity (Wildman–Crippen MR) is 86.6 cm³/mol. The molecule has 128 valence electrons. The number of hydrogen-bond acceptors (Lipinski definition) is 6. The summed E-state index contributed by atoms with van der Waals surface area (Å²) in [6.45, 7) is 3.90. The molecule has 1 heterocycles. The largest absolute Gasteiger partial charge is 0.494 e. The number of carbonyl (C=O) groups is 3. The van der Waals surface area contributed by atoms with E-state index in [0.29, 0.717) is 18.0 Å². The number of nitrogens with zero attached hydrogens (tertiary/aromatic N) is 1. The fourth-order valence-corrected chi connectivity index (χ4v) is 1.95. The van der Waals surface area contributed by atoms with E-state index in [1.807, 2.05) is 6.92 Å². The van der Waals surface area contributed by atoms with E-state index in [-0.39, 0.29) is 24.5 Å². The van der Waals surface area contributed by atoms with Gasteiger partial charge in [-0.3, -0.25) is 9.59 Å². The molecular weight excluding hydrogens is 314 g/mol. The van der Waals surface area contributed by atoms with Crippen molar-refractivity contribution < 1.29 is 23.9 Å². The van der Waals surface area contributed by atoms with Crippen LogP contribution in [0.5, 0.6) is 5.75 Å². The van der Waals surface area contributed by atoms with Crippen molar-refractivity contribution in [3.8, 4) is 5.75 Å². The van der Waals surface area contributed by atoms with Crippen LogP contribution in [0.15, 0.2) is 29.4 Å². The molecule has 2 N–H and O–H groups in total. The van der Waals surface area contributed by atoms with Crippen LogP contribution < -0.4 is 15.5 Å². The summed E-state index contributed by atoms with van der Waals surface area (Å²) in [5, 5.41) is 6.28. The number of rotatable bonds is 6. The molecule has 0 aromatic heterocycles. The lowest BCUT2D eigenvalue weighted by Gasteiger charge is -2.16. The Bertz CT molecular complexity index is 654. The Morgan fingerprint density at radius 3 is 2.58 bits per heavy atom. The topological polar surface area (TPSA) is 106 Å². The van der Waals surface area contributed by atoms with Gasteiger partial charge in [0.2, 0.25) is 5.91 Å². The van der Waals surface area contributed by atoms with Gasteiger partial charge in [-0.2, -0.15) is 5.10 Å². The molecule has 0 fully saturated rings. The summed E-state index contributed by atoms with van der Waals surface area (Å²) in [4.78, 5) is 34.9. The molecule has 0 spiro atoms. The van der Waals surface area contributed by atoms with Gasteiger partial charge in [0, 0.05) is 18.5 Å². The van der Waals surface area contributed by atoms with Gasteiger partial charge in [0.1, 0.15) is 11.5 Å². The first-order chi connectivity index (χ1) is 11.5. The second-order valence-corrected chi connectivity index (χ2v) is 5.09. The first-order valence-corrected chi connectivity index (χ1v) is 7.59. The molecule has 1 aliphatic heterocycles. The normalized spacial score (nSPS) is 14.9. The second-order valence-electron chi connectivity index (χ2n) is 5.09. The average molecular weight is 333 g/mol. The Kier molecular flexibility index (Phi) is 5.89. The third-order valence-electron chi connectivity index (χ3n) is 3.23. The number of hydrazone groups is 1. The number of ether oxygens (including phenoxy) is 2. The lowest BCUT2D eigenvalue weighted by Crippen LogP contribution is -2.35. The van der Waals surface area contributed by atoms with Gasteiger partial charge in [-0.1, -0.05) is 0 Å². The van der Waals surface area contributed by atoms with Crippen molar-refractivity contribution in [2.24, 2.45) is 5.10 Å². The van der Waals surface area contributed by atoms with Crippen LogP contribution in [0, 0.1) is 0 Å². The van der Waals surface area contributed by atoms with Crippen LogP contribution in [0.25, 0.3) is 0 Å². The second kappa shape index (κ2) is 8.09. The number of hydrogen-bond donors (Lipinski definition) is 2. The first kappa shape index (κ1) is 17.5. The molecule has 0 radical (unpaired) electrons. The smallest absolute Gasteiger partial charge is 0.355 e. The molecule has 0 aliphatic carbocycles. The van der Waals surface area contributed by atoms with E-state index in [1.165, 1.54) is 6.92 Å². The zero-order valence-electron chi connectivity index (χ0n) is 13.5. The molecule has 1 aromatic rings. The standard InChI is InChI=1S/C16H19N3O5/c1-3-23-12-6-4-11(5-7-12)17-15(21)10(2)24-16(22)13-8-9-14(20)19-18-13/h4-7,10H,3,8-9H2,1-2H3,(H,17,21)(H,19,20)/t10-/m0/s1. The fourth-order valence-electron chi connectivity index (χ4n) is 1.95. The maximum atomic E-state index is 12.1. The van der Waals surface area contributed by atoms with E-state index in [1.54, 1.807) is 24.3 Å². The van der Waals surface area contributed by atoms with E-state index in [4.69, 9.17) is 9.47 Å². The summed E-state index contributed by atoms with van der Waals surface area (Å²) in [5.74, 6) is -0.738. The SMILES string of the molecule is CCOc1ccc(NC(=O)[C@H](C)OC(=O)C2=NNC(=O)CC2)cc1. The molecule has 8 nitrogen and oxygen atoms in total. The van der Waals surface area contributed by atoms with Crippen molar-refractivity contribution in [1.29, 1.82) is 0 Å². The van der Waals surface area contributed by atoms with E-state index >= 15 is 0 Å². The third-order valence-corrected chi connectivity index (χ3v) is 3.23. The predicted octanol–water partition coefficient (Wildman–Crippen LogP) is 1.22. The van der Waals surface area contributed by atoms with Crippen molar-refractivity contribution in [3.63, 3.8) is 0 Å². The third kappa shape index (κ3) is 4.80. The highest BCUT2D eigenvalue weighted by Gasteiger charge is 2.24. The van der Waals surface area contributed by atoms with Gasteiger partial charge in [-0.15, -0.1) is 0 Å². The van der Waals surface area contributed by atoms with Crippen molar-refractivity contribution in [3.05, 3.63) is 24.3 Å². The number of benzene rings is 1. The van der Waals surface area contributed by atoms with Gasteiger partial charge in [-0.25, -0.2) is 10.2 Å². The quantitative estimate of drug-likeness (QED) is 0.761. The lowest BCUT2D eigenvalue weighted by atomic mass is 10.2. The minimum absolute atomic E-state index is 0.0929. The average Bonchev–Trinajstić information content (AvgIpc) is 2.57. The summed E-state index contributed by atoms with van der Waals surface area (Å²) in [6.07, 6.45) is -0.636. The molecule has 1 aliphatic rings. The molecule has 1 atom stereocenters. The van der Waals surface area contributed by atoms with Crippen molar-refractivity contribution in [2.75, 3.05) is 11.9 Å². The van der Waals surface area contributed by atoms with Crippen molar-refractivity contribution >= 4 is 29.2 Å². The Hall–Kier alpha value is -2.90. The van der Waals surface area contributed by atoms with Crippen LogP contribution in [0.2, 0.25) is 0 Å². The van der Waals surface area contributed by atoms with E-state index in [0.717, 1.165) is 0 Å². The van der Waals surface area contributed by atoms with Gasteiger partial charge < -0.3 is 14.8 Å². The maximum Gasteiger partial charge on any atom is 0.355 e. The van der Waals surface area contributed by atoms with E-state index < -0.39 is 18.0 Å². The van der Waals surface area contributed by atoms with Gasteiger partial charge in [0.05, 0.1) is 6.61 Å². The molecular formula is C16H19N3O5. The Balaban J connectivity index is 1.87. The molecule has 0 saturated carbocycles. The van der Waals surface area contributed by atoms with Crippen molar-refractivity contribution in [2.45, 2.75) is 32.8 Å². The zero-order chi connectivity index (χ0) is 17.5. The Morgan fingerprint density at radius 1 is 1.29 bits per heavy atom. The number of carbonyl (C=O) groups excluding carboxylic acids is 3. The zero-order valence-corrected chi connectivity index (χ0v) is 13.5. The van der Waals surface area contributed by atoms with Crippen molar-refractivity contribution in [1.82, 2.24) is 5.43 Å². The summed E-state index contributed by atoms with van der Waals surface area (Å²) < 4.78 is 10.4. The van der Waals surface area contributed by atoms with Gasteiger partial charge in [-0.05, 0) is 38.1 Å². The Morgan fingerprint density at radius 2 is 2.00 bits per heavy atom. The minimum atomic E-state index is -0.996. The first-order valence-electron chi connectivity index (χ1n) is 7.59. The lowest BCUT2D eigenvalue weighted by molar-refractivity contribution is -0.146. The Labute approximate surface area is 139 Å². The van der Waals surface area contributed by atoms with Crippen LogP contribution in [0.4, 0.5) is 5.69 Å². The summed E-state index contributed by atoms with van der Waals surface area (Å²) in [7, 11) is 0. The highest BCUT2D eigenvalue weighted by Crippen LogP contribution is 2.16. The molecule has 0 saturated heterocycles. The highest BCUT2D eigenvalue weighted by atomic mass is 16.5. The van der Waals surface area contributed by atoms with Crippen LogP contribution in [0.1, 0.15) is 26.7 Å². The molecule has 2 rings (SSSR count). The van der Waals surface area contributed by atoms with E-state index in [2.05, 4.69) is 15.8 Å². The number of nitrogens with one attached hydrogen (secondary N) is 2. The van der Waals surface area contributed by atoms with Gasteiger partial charge in [0.15, 0.2) is 6.10 Å². The van der Waals surface area contributed by atoms with Gasteiger partial charge >= 0.3 is 5.97 Å². The van der Waals surface area contributed by atoms with Gasteiger partial charge in [0.25, 0.3) is 5.91 Å². The molecule has 24 heavy (non-hydrogen) atoms. The molecule has 0 unspecified atom stereocenters. The summed E-state index contributed by atoms with van der Waals surface area (Å²) in [6, 6.07) is 6.85. The molecule has 0 bridgehead atoms. The molecule has 2 amide bonds. The maximum absolute atomic E-state index is 12.1.